The summed E-state index contributed by atoms with van der Waals surface area (Å²) in [7, 11) is 1.76. The van der Waals surface area contributed by atoms with Crippen LogP contribution in [0.15, 0.2) is 0 Å². The van der Waals surface area contributed by atoms with Gasteiger partial charge in [0.15, 0.2) is 0 Å². The van der Waals surface area contributed by atoms with Crippen molar-refractivity contribution in [3.05, 3.63) is 0 Å². The highest BCUT2D eigenvalue weighted by molar-refractivity contribution is 5.54. The van der Waals surface area contributed by atoms with Crippen molar-refractivity contribution in [1.29, 1.82) is 5.41 Å². The van der Waals surface area contributed by atoms with Gasteiger partial charge in [0.05, 0.1) is 6.61 Å². The van der Waals surface area contributed by atoms with Crippen molar-refractivity contribution < 1.29 is 4.74 Å². The lowest BCUT2D eigenvalue weighted by Crippen LogP contribution is -2.29. The fourth-order valence-corrected chi connectivity index (χ4v) is 2.23. The molecule has 1 aliphatic rings. The summed E-state index contributed by atoms with van der Waals surface area (Å²) in [6, 6.07) is 0. The molecular weight excluding hydrogens is 150 g/mol. The molecule has 1 N–H and O–H groups in total. The highest BCUT2D eigenvalue weighted by Gasteiger charge is 2.30. The van der Waals surface area contributed by atoms with Gasteiger partial charge in [-0.25, -0.2) is 0 Å². The molecule has 1 aliphatic carbocycles. The van der Waals surface area contributed by atoms with Crippen molar-refractivity contribution in [3.63, 3.8) is 0 Å². The summed E-state index contributed by atoms with van der Waals surface area (Å²) in [5.41, 5.74) is 0.314. The fourth-order valence-electron chi connectivity index (χ4n) is 2.23. The van der Waals surface area contributed by atoms with E-state index >= 15 is 0 Å². The lowest BCUT2D eigenvalue weighted by atomic mass is 9.73. The van der Waals surface area contributed by atoms with E-state index < -0.39 is 0 Å². The molecule has 0 aliphatic heterocycles. The standard InChI is InChI=1S/C10H19NO/c1-12-9-10(7-8-11)5-3-2-4-6-10/h8,11H,2-7,9H2,1H3. The molecule has 1 saturated carbocycles. The minimum Gasteiger partial charge on any atom is -0.384 e. The monoisotopic (exact) mass is 169 g/mol. The van der Waals surface area contributed by atoms with Gasteiger partial charge in [0, 0.05) is 7.11 Å². The van der Waals surface area contributed by atoms with Gasteiger partial charge in [0.1, 0.15) is 0 Å². The van der Waals surface area contributed by atoms with Gasteiger partial charge in [-0.1, -0.05) is 19.3 Å². The molecule has 0 unspecified atom stereocenters. The maximum absolute atomic E-state index is 7.16. The first-order chi connectivity index (χ1) is 5.83. The van der Waals surface area contributed by atoms with Gasteiger partial charge >= 0.3 is 0 Å². The molecular formula is C10H19NO. The molecule has 0 aromatic rings. The number of ether oxygens (including phenoxy) is 1. The molecule has 70 valence electrons. The Morgan fingerprint density at radius 2 is 2.00 bits per heavy atom. The summed E-state index contributed by atoms with van der Waals surface area (Å²) in [4.78, 5) is 0. The van der Waals surface area contributed by atoms with Gasteiger partial charge in [-0.3, -0.25) is 0 Å². The molecule has 0 aromatic heterocycles. The number of hydrogen-bond acceptors (Lipinski definition) is 2. The Morgan fingerprint density at radius 1 is 1.33 bits per heavy atom. The first-order valence-electron chi connectivity index (χ1n) is 4.81. The van der Waals surface area contributed by atoms with Crippen LogP contribution in [0.4, 0.5) is 0 Å². The van der Waals surface area contributed by atoms with E-state index in [0.29, 0.717) is 5.41 Å². The van der Waals surface area contributed by atoms with Gasteiger partial charge in [-0.15, -0.1) is 0 Å². The minimum absolute atomic E-state index is 0.314. The summed E-state index contributed by atoms with van der Waals surface area (Å²) in [5.74, 6) is 0. The van der Waals surface area contributed by atoms with Gasteiger partial charge in [-0.05, 0) is 30.9 Å². The van der Waals surface area contributed by atoms with Gasteiger partial charge in [-0.2, -0.15) is 0 Å². The van der Waals surface area contributed by atoms with E-state index in [1.807, 2.05) is 0 Å². The van der Waals surface area contributed by atoms with Crippen LogP contribution in [-0.4, -0.2) is 19.9 Å². The Labute approximate surface area is 74.8 Å². The fraction of sp³-hybridized carbons (Fsp3) is 0.900. The molecule has 2 nitrogen and oxygen atoms in total. The van der Waals surface area contributed by atoms with E-state index in [-0.39, 0.29) is 0 Å². The Morgan fingerprint density at radius 3 is 2.50 bits per heavy atom. The summed E-state index contributed by atoms with van der Waals surface area (Å²) >= 11 is 0. The van der Waals surface area contributed by atoms with Crippen LogP contribution >= 0.6 is 0 Å². The highest BCUT2D eigenvalue weighted by atomic mass is 16.5. The summed E-state index contributed by atoms with van der Waals surface area (Å²) < 4.78 is 5.23. The molecule has 0 radical (unpaired) electrons. The number of methoxy groups -OCH3 is 1. The van der Waals surface area contributed by atoms with Crippen LogP contribution in [-0.2, 0) is 4.74 Å². The molecule has 0 spiro atoms. The quantitative estimate of drug-likeness (QED) is 0.645. The molecule has 1 rings (SSSR count). The molecule has 12 heavy (non-hydrogen) atoms. The Bertz CT molecular complexity index is 133. The van der Waals surface area contributed by atoms with Crippen molar-refractivity contribution in [2.45, 2.75) is 38.5 Å². The molecule has 2 heteroatoms. The lowest BCUT2D eigenvalue weighted by molar-refractivity contribution is 0.0547. The van der Waals surface area contributed by atoms with Gasteiger partial charge in [0.25, 0.3) is 0 Å². The number of rotatable bonds is 4. The first kappa shape index (κ1) is 9.72. The smallest absolute Gasteiger partial charge is 0.0522 e. The summed E-state index contributed by atoms with van der Waals surface area (Å²) in [6.45, 7) is 0.836. The topological polar surface area (TPSA) is 33.1 Å². The predicted octanol–water partition coefficient (Wildman–Crippen LogP) is 2.62. The van der Waals surface area contributed by atoms with Crippen LogP contribution in [0.5, 0.6) is 0 Å². The van der Waals surface area contributed by atoms with E-state index in [0.717, 1.165) is 13.0 Å². The van der Waals surface area contributed by atoms with Gasteiger partial charge in [0.2, 0.25) is 0 Å². The summed E-state index contributed by atoms with van der Waals surface area (Å²) in [6.07, 6.45) is 8.94. The lowest BCUT2D eigenvalue weighted by Gasteiger charge is -2.35. The largest absolute Gasteiger partial charge is 0.384 e. The Kier molecular flexibility index (Phi) is 3.73. The molecule has 0 amide bonds. The number of hydrogen-bond donors (Lipinski definition) is 1. The average Bonchev–Trinajstić information content (AvgIpc) is 2.07. The predicted molar refractivity (Wildman–Crippen MR) is 50.8 cm³/mol. The minimum atomic E-state index is 0.314. The van der Waals surface area contributed by atoms with Crippen LogP contribution in [0, 0.1) is 10.8 Å². The zero-order chi connectivity index (χ0) is 8.86. The Hall–Kier alpha value is -0.370. The number of nitrogens with one attached hydrogen (secondary N) is 1. The van der Waals surface area contributed by atoms with E-state index in [4.69, 9.17) is 10.1 Å². The molecule has 0 bridgehead atoms. The Balaban J connectivity index is 2.49. The van der Waals surface area contributed by atoms with Crippen LogP contribution in [0.2, 0.25) is 0 Å². The molecule has 0 heterocycles. The van der Waals surface area contributed by atoms with Crippen LogP contribution < -0.4 is 0 Å². The zero-order valence-electron chi connectivity index (χ0n) is 7.94. The summed E-state index contributed by atoms with van der Waals surface area (Å²) in [5, 5.41) is 7.16. The third kappa shape index (κ3) is 2.31. The van der Waals surface area contributed by atoms with Crippen LogP contribution in [0.1, 0.15) is 38.5 Å². The molecule has 0 aromatic carbocycles. The zero-order valence-corrected chi connectivity index (χ0v) is 7.94. The van der Waals surface area contributed by atoms with Crippen molar-refractivity contribution >= 4 is 6.21 Å². The average molecular weight is 169 g/mol. The molecule has 0 atom stereocenters. The van der Waals surface area contributed by atoms with Crippen molar-refractivity contribution in [3.8, 4) is 0 Å². The van der Waals surface area contributed by atoms with Gasteiger partial charge < -0.3 is 10.1 Å². The van der Waals surface area contributed by atoms with Crippen LogP contribution in [0.25, 0.3) is 0 Å². The molecule has 1 fully saturated rings. The third-order valence-corrected chi connectivity index (χ3v) is 2.90. The third-order valence-electron chi connectivity index (χ3n) is 2.90. The van der Waals surface area contributed by atoms with Crippen molar-refractivity contribution in [1.82, 2.24) is 0 Å². The highest BCUT2D eigenvalue weighted by Crippen LogP contribution is 2.38. The van der Waals surface area contributed by atoms with Crippen molar-refractivity contribution in [2.75, 3.05) is 13.7 Å². The molecule has 0 saturated heterocycles. The van der Waals surface area contributed by atoms with E-state index in [1.165, 1.54) is 32.1 Å². The second-order valence-electron chi connectivity index (χ2n) is 3.90. The SMILES string of the molecule is COCC1(CC=N)CCCCC1. The second-order valence-corrected chi connectivity index (χ2v) is 3.90. The van der Waals surface area contributed by atoms with E-state index in [2.05, 4.69) is 0 Å². The van der Waals surface area contributed by atoms with E-state index in [1.54, 1.807) is 13.3 Å². The maximum atomic E-state index is 7.16. The second kappa shape index (κ2) is 4.61. The maximum Gasteiger partial charge on any atom is 0.0522 e. The normalized spacial score (nSPS) is 22.1. The van der Waals surface area contributed by atoms with Crippen molar-refractivity contribution in [2.24, 2.45) is 5.41 Å². The first-order valence-corrected chi connectivity index (χ1v) is 4.81. The van der Waals surface area contributed by atoms with Crippen LogP contribution in [0.3, 0.4) is 0 Å². The van der Waals surface area contributed by atoms with E-state index in [9.17, 15) is 0 Å².